The van der Waals surface area contributed by atoms with Gasteiger partial charge in [-0.05, 0) is 47.5 Å². The first-order valence-electron chi connectivity index (χ1n) is 4.59. The van der Waals surface area contributed by atoms with Crippen molar-refractivity contribution in [3.63, 3.8) is 0 Å². The van der Waals surface area contributed by atoms with Crippen LogP contribution >= 0.6 is 12.6 Å². The SMILES string of the molecule is Cc1cc(S(=O)(=O)O)cc2cc(S)ccc12. The summed E-state index contributed by atoms with van der Waals surface area (Å²) in [6.45, 7) is 1.80. The van der Waals surface area contributed by atoms with Crippen LogP contribution in [0.25, 0.3) is 10.8 Å². The van der Waals surface area contributed by atoms with Gasteiger partial charge in [-0.25, -0.2) is 0 Å². The molecule has 0 atom stereocenters. The van der Waals surface area contributed by atoms with Gasteiger partial charge in [0, 0.05) is 4.90 Å². The summed E-state index contributed by atoms with van der Waals surface area (Å²) in [5.74, 6) is 0. The van der Waals surface area contributed by atoms with Crippen molar-refractivity contribution in [2.24, 2.45) is 0 Å². The second-order valence-corrected chi connectivity index (χ2v) is 5.56. The number of fused-ring (bicyclic) bond motifs is 1. The van der Waals surface area contributed by atoms with Gasteiger partial charge in [0.05, 0.1) is 4.90 Å². The average molecular weight is 254 g/mol. The molecule has 2 aromatic rings. The standard InChI is InChI=1S/C11H10O3S2/c1-7-4-10(16(12,13)14)6-8-5-9(15)2-3-11(7)8/h2-6,15H,1H3,(H,12,13,14). The van der Waals surface area contributed by atoms with E-state index in [0.717, 1.165) is 21.2 Å². The molecular formula is C11H10O3S2. The Morgan fingerprint density at radius 3 is 2.50 bits per heavy atom. The molecule has 0 amide bonds. The van der Waals surface area contributed by atoms with Crippen molar-refractivity contribution in [1.82, 2.24) is 0 Å². The van der Waals surface area contributed by atoms with Crippen LogP contribution in [0.2, 0.25) is 0 Å². The molecule has 0 saturated heterocycles. The molecule has 0 aromatic heterocycles. The molecule has 1 N–H and O–H groups in total. The van der Waals surface area contributed by atoms with Crippen molar-refractivity contribution in [2.75, 3.05) is 0 Å². The predicted molar refractivity (Wildman–Crippen MR) is 65.8 cm³/mol. The zero-order valence-corrected chi connectivity index (χ0v) is 10.2. The highest BCUT2D eigenvalue weighted by molar-refractivity contribution is 7.85. The third-order valence-electron chi connectivity index (χ3n) is 2.41. The fraction of sp³-hybridized carbons (Fsp3) is 0.0909. The summed E-state index contributed by atoms with van der Waals surface area (Å²) in [5.41, 5.74) is 0.804. The highest BCUT2D eigenvalue weighted by Crippen LogP contribution is 2.25. The minimum atomic E-state index is -4.15. The van der Waals surface area contributed by atoms with Crippen molar-refractivity contribution in [3.8, 4) is 0 Å². The van der Waals surface area contributed by atoms with Gasteiger partial charge in [-0.2, -0.15) is 8.42 Å². The lowest BCUT2D eigenvalue weighted by Crippen LogP contribution is -1.98. The summed E-state index contributed by atoms with van der Waals surface area (Å²) < 4.78 is 31.1. The van der Waals surface area contributed by atoms with Gasteiger partial charge < -0.3 is 0 Å². The lowest BCUT2D eigenvalue weighted by atomic mass is 10.1. The topological polar surface area (TPSA) is 54.4 Å². The minimum absolute atomic E-state index is 0.0866. The minimum Gasteiger partial charge on any atom is -0.282 e. The van der Waals surface area contributed by atoms with Gasteiger partial charge in [-0.3, -0.25) is 4.55 Å². The quantitative estimate of drug-likeness (QED) is 0.607. The van der Waals surface area contributed by atoms with Crippen molar-refractivity contribution in [2.45, 2.75) is 16.7 Å². The van der Waals surface area contributed by atoms with Gasteiger partial charge in [0.2, 0.25) is 0 Å². The maximum Gasteiger partial charge on any atom is 0.294 e. The Labute approximate surface area is 99.3 Å². The van der Waals surface area contributed by atoms with Gasteiger partial charge in [-0.15, -0.1) is 12.6 Å². The van der Waals surface area contributed by atoms with Crippen LogP contribution in [0, 0.1) is 6.92 Å². The Hall–Kier alpha value is -1.04. The molecule has 0 aliphatic heterocycles. The molecule has 0 saturated carbocycles. The molecule has 84 valence electrons. The normalized spacial score (nSPS) is 11.9. The molecule has 0 spiro atoms. The summed E-state index contributed by atoms with van der Waals surface area (Å²) in [5, 5.41) is 1.70. The Kier molecular flexibility index (Phi) is 2.69. The molecule has 0 heterocycles. The second-order valence-electron chi connectivity index (χ2n) is 3.62. The highest BCUT2D eigenvalue weighted by Gasteiger charge is 2.11. The van der Waals surface area contributed by atoms with Crippen LogP contribution in [0.1, 0.15) is 5.56 Å². The summed E-state index contributed by atoms with van der Waals surface area (Å²) in [6.07, 6.45) is 0. The maximum atomic E-state index is 11.1. The van der Waals surface area contributed by atoms with Crippen molar-refractivity contribution >= 4 is 33.5 Å². The highest BCUT2D eigenvalue weighted by atomic mass is 32.2. The van der Waals surface area contributed by atoms with Crippen LogP contribution in [0.4, 0.5) is 0 Å². The molecule has 5 heteroatoms. The zero-order chi connectivity index (χ0) is 11.9. The summed E-state index contributed by atoms with van der Waals surface area (Å²) in [6, 6.07) is 8.37. The van der Waals surface area contributed by atoms with Crippen molar-refractivity contribution in [1.29, 1.82) is 0 Å². The van der Waals surface area contributed by atoms with E-state index in [1.165, 1.54) is 12.1 Å². The number of hydrogen-bond acceptors (Lipinski definition) is 3. The zero-order valence-electron chi connectivity index (χ0n) is 8.51. The van der Waals surface area contributed by atoms with E-state index in [9.17, 15) is 8.42 Å². The maximum absolute atomic E-state index is 11.1. The van der Waals surface area contributed by atoms with Gasteiger partial charge in [0.25, 0.3) is 10.1 Å². The molecule has 3 nitrogen and oxygen atoms in total. The Morgan fingerprint density at radius 2 is 1.88 bits per heavy atom. The van der Waals surface area contributed by atoms with Crippen LogP contribution in [0.5, 0.6) is 0 Å². The number of thiol groups is 1. The van der Waals surface area contributed by atoms with Crippen LogP contribution in [-0.4, -0.2) is 13.0 Å². The molecule has 0 aliphatic carbocycles. The molecular weight excluding hydrogens is 244 g/mol. The van der Waals surface area contributed by atoms with Crippen molar-refractivity contribution < 1.29 is 13.0 Å². The van der Waals surface area contributed by atoms with E-state index >= 15 is 0 Å². The van der Waals surface area contributed by atoms with E-state index in [-0.39, 0.29) is 4.90 Å². The molecule has 16 heavy (non-hydrogen) atoms. The third-order valence-corrected chi connectivity index (χ3v) is 3.52. The van der Waals surface area contributed by atoms with Crippen LogP contribution in [0.15, 0.2) is 40.1 Å². The fourth-order valence-corrected chi connectivity index (χ4v) is 2.48. The predicted octanol–water partition coefficient (Wildman–Crippen LogP) is 2.68. The van der Waals surface area contributed by atoms with Crippen LogP contribution < -0.4 is 0 Å². The van der Waals surface area contributed by atoms with E-state index in [4.69, 9.17) is 4.55 Å². The molecule has 0 aliphatic rings. The number of hydrogen-bond donors (Lipinski definition) is 2. The van der Waals surface area contributed by atoms with E-state index in [2.05, 4.69) is 12.6 Å². The van der Waals surface area contributed by atoms with Gasteiger partial charge in [0.1, 0.15) is 0 Å². The van der Waals surface area contributed by atoms with Gasteiger partial charge in [0.15, 0.2) is 0 Å². The largest absolute Gasteiger partial charge is 0.294 e. The molecule has 0 unspecified atom stereocenters. The summed E-state index contributed by atoms with van der Waals surface area (Å²) in [7, 11) is -4.15. The third kappa shape index (κ3) is 2.07. The molecule has 2 rings (SSSR count). The molecule has 2 aromatic carbocycles. The first-order chi connectivity index (χ1) is 7.38. The summed E-state index contributed by atoms with van der Waals surface area (Å²) in [4.78, 5) is 0.663. The first kappa shape index (κ1) is 11.4. The molecule has 0 fully saturated rings. The van der Waals surface area contributed by atoms with E-state index in [1.54, 1.807) is 13.0 Å². The average Bonchev–Trinajstić information content (AvgIpc) is 2.15. The second kappa shape index (κ2) is 3.76. The number of aryl methyl sites for hydroxylation is 1. The smallest absolute Gasteiger partial charge is 0.282 e. The Bertz CT molecular complexity index is 660. The van der Waals surface area contributed by atoms with E-state index in [1.807, 2.05) is 12.1 Å². The Balaban J connectivity index is 2.85. The monoisotopic (exact) mass is 254 g/mol. The number of benzene rings is 2. The fourth-order valence-electron chi connectivity index (χ4n) is 1.66. The Morgan fingerprint density at radius 1 is 1.19 bits per heavy atom. The lowest BCUT2D eigenvalue weighted by Gasteiger charge is -2.05. The van der Waals surface area contributed by atoms with Crippen LogP contribution in [-0.2, 0) is 10.1 Å². The lowest BCUT2D eigenvalue weighted by molar-refractivity contribution is 0.483. The van der Waals surface area contributed by atoms with Gasteiger partial charge in [-0.1, -0.05) is 6.07 Å². The van der Waals surface area contributed by atoms with E-state index < -0.39 is 10.1 Å². The van der Waals surface area contributed by atoms with E-state index in [0.29, 0.717) is 0 Å². The van der Waals surface area contributed by atoms with Gasteiger partial charge >= 0.3 is 0 Å². The summed E-state index contributed by atoms with van der Waals surface area (Å²) >= 11 is 4.19. The van der Waals surface area contributed by atoms with Crippen LogP contribution in [0.3, 0.4) is 0 Å². The molecule has 0 radical (unpaired) electrons. The first-order valence-corrected chi connectivity index (χ1v) is 6.47. The molecule has 0 bridgehead atoms. The number of rotatable bonds is 1. The van der Waals surface area contributed by atoms with Crippen molar-refractivity contribution in [3.05, 3.63) is 35.9 Å².